The van der Waals surface area contributed by atoms with E-state index in [2.05, 4.69) is 34.9 Å². The van der Waals surface area contributed by atoms with Gasteiger partial charge in [-0.15, -0.1) is 0 Å². The number of piperazine rings is 1. The van der Waals surface area contributed by atoms with Crippen LogP contribution in [0.25, 0.3) is 11.0 Å². The van der Waals surface area contributed by atoms with Gasteiger partial charge >= 0.3 is 0 Å². The molecule has 130 valence electrons. The second-order valence-corrected chi connectivity index (χ2v) is 6.90. The van der Waals surface area contributed by atoms with Crippen molar-refractivity contribution in [2.75, 3.05) is 31.1 Å². The number of benzene rings is 1. The van der Waals surface area contributed by atoms with E-state index in [0.717, 1.165) is 61.2 Å². The average molecular weight is 378 g/mol. The average Bonchev–Trinajstić information content (AvgIpc) is 3.01. The molecule has 25 heavy (non-hydrogen) atoms. The molecule has 7 nitrogen and oxygen atoms in total. The zero-order valence-corrected chi connectivity index (χ0v) is 15.2. The van der Waals surface area contributed by atoms with Crippen molar-refractivity contribution in [3.63, 3.8) is 0 Å². The first-order chi connectivity index (χ1) is 12.1. The van der Waals surface area contributed by atoms with Crippen LogP contribution in [0.1, 0.15) is 11.6 Å². The summed E-state index contributed by atoms with van der Waals surface area (Å²) in [4.78, 5) is 18.1. The molecule has 3 heterocycles. The molecular formula is C16H17Cl2N7. The van der Waals surface area contributed by atoms with Crippen molar-refractivity contribution in [2.45, 2.75) is 13.5 Å². The van der Waals surface area contributed by atoms with Crippen molar-refractivity contribution < 1.29 is 0 Å². The van der Waals surface area contributed by atoms with E-state index in [9.17, 15) is 0 Å². The summed E-state index contributed by atoms with van der Waals surface area (Å²) in [5.41, 5.74) is 1.50. The van der Waals surface area contributed by atoms with Crippen molar-refractivity contribution in [3.8, 4) is 0 Å². The zero-order valence-electron chi connectivity index (χ0n) is 13.7. The third-order valence-corrected chi connectivity index (χ3v) is 5.00. The van der Waals surface area contributed by atoms with Crippen LogP contribution in [0.4, 0.5) is 5.82 Å². The van der Waals surface area contributed by atoms with Crippen LogP contribution in [0.15, 0.2) is 18.3 Å². The van der Waals surface area contributed by atoms with E-state index in [-0.39, 0.29) is 0 Å². The van der Waals surface area contributed by atoms with E-state index in [1.54, 1.807) is 18.3 Å². The second kappa shape index (κ2) is 6.74. The molecule has 0 spiro atoms. The number of nitrogens with zero attached hydrogens (tertiary/aromatic N) is 6. The number of halogens is 2. The number of hydrogen-bond donors (Lipinski definition) is 1. The van der Waals surface area contributed by atoms with Gasteiger partial charge in [-0.25, -0.2) is 9.97 Å². The number of aryl methyl sites for hydroxylation is 1. The van der Waals surface area contributed by atoms with Crippen LogP contribution >= 0.6 is 23.2 Å². The highest BCUT2D eigenvalue weighted by atomic mass is 35.5. The van der Waals surface area contributed by atoms with Gasteiger partial charge in [0.2, 0.25) is 0 Å². The van der Waals surface area contributed by atoms with Crippen LogP contribution in [-0.4, -0.2) is 56.2 Å². The normalized spacial score (nSPS) is 15.9. The van der Waals surface area contributed by atoms with Gasteiger partial charge < -0.3 is 4.90 Å². The fourth-order valence-corrected chi connectivity index (χ4v) is 3.26. The fourth-order valence-electron chi connectivity index (χ4n) is 2.95. The van der Waals surface area contributed by atoms with Crippen molar-refractivity contribution in [1.29, 1.82) is 0 Å². The zero-order chi connectivity index (χ0) is 17.4. The fraction of sp³-hybridized carbons (Fsp3) is 0.375. The summed E-state index contributed by atoms with van der Waals surface area (Å²) in [7, 11) is 0. The number of hydrogen-bond acceptors (Lipinski definition) is 6. The predicted molar refractivity (Wildman–Crippen MR) is 98.2 cm³/mol. The minimum absolute atomic E-state index is 0.493. The van der Waals surface area contributed by atoms with E-state index in [1.165, 1.54) is 0 Å². The predicted octanol–water partition coefficient (Wildman–Crippen LogP) is 2.69. The molecule has 3 aromatic rings. The van der Waals surface area contributed by atoms with Crippen LogP contribution in [0.2, 0.25) is 10.0 Å². The Morgan fingerprint density at radius 3 is 2.44 bits per heavy atom. The molecule has 1 saturated heterocycles. The Hall–Kier alpha value is -1.96. The number of rotatable bonds is 3. The Kier molecular flexibility index (Phi) is 4.45. The van der Waals surface area contributed by atoms with Crippen LogP contribution in [0, 0.1) is 6.92 Å². The molecule has 0 amide bonds. The van der Waals surface area contributed by atoms with E-state index in [1.807, 2.05) is 6.92 Å². The lowest BCUT2D eigenvalue weighted by molar-refractivity contribution is 0.244. The smallest absolute Gasteiger partial charge is 0.164 e. The van der Waals surface area contributed by atoms with Crippen molar-refractivity contribution in [2.24, 2.45) is 0 Å². The summed E-state index contributed by atoms with van der Waals surface area (Å²) in [6, 6.07) is 3.50. The highest BCUT2D eigenvalue weighted by Gasteiger charge is 2.20. The number of fused-ring (bicyclic) bond motifs is 1. The van der Waals surface area contributed by atoms with Gasteiger partial charge in [0.1, 0.15) is 11.6 Å². The number of H-pyrrole nitrogens is 1. The Balaban J connectivity index is 1.45. The Morgan fingerprint density at radius 1 is 1.04 bits per heavy atom. The summed E-state index contributed by atoms with van der Waals surface area (Å²) in [5.74, 6) is 2.54. The first kappa shape index (κ1) is 16.5. The molecule has 1 aliphatic heterocycles. The Morgan fingerprint density at radius 2 is 1.76 bits per heavy atom. The highest BCUT2D eigenvalue weighted by Crippen LogP contribution is 2.27. The van der Waals surface area contributed by atoms with Crippen LogP contribution < -0.4 is 4.90 Å². The third-order valence-electron chi connectivity index (χ3n) is 4.28. The standard InChI is InChI=1S/C16H17Cl2N7/c1-10-20-15(23-22-10)9-24-2-4-25(5-3-24)16-8-19-13-6-11(17)12(18)7-14(13)21-16/h6-8H,2-5,9H2,1H3,(H,20,22,23). The van der Waals surface area contributed by atoms with Gasteiger partial charge in [0, 0.05) is 26.2 Å². The molecule has 4 rings (SSSR count). The lowest BCUT2D eigenvalue weighted by Crippen LogP contribution is -2.46. The first-order valence-electron chi connectivity index (χ1n) is 8.05. The summed E-state index contributed by atoms with van der Waals surface area (Å²) in [5, 5.41) is 8.07. The molecule has 0 atom stereocenters. The molecule has 0 aliphatic carbocycles. The summed E-state index contributed by atoms with van der Waals surface area (Å²) in [6.45, 7) is 6.28. The quantitative estimate of drug-likeness (QED) is 0.756. The molecule has 1 aliphatic rings. The Labute approximate surface area is 155 Å². The number of aromatic nitrogens is 5. The van der Waals surface area contributed by atoms with E-state index >= 15 is 0 Å². The van der Waals surface area contributed by atoms with Crippen LogP contribution in [0.3, 0.4) is 0 Å². The molecular weight excluding hydrogens is 361 g/mol. The van der Waals surface area contributed by atoms with Gasteiger partial charge in [-0.2, -0.15) is 5.10 Å². The van der Waals surface area contributed by atoms with Crippen LogP contribution in [0.5, 0.6) is 0 Å². The summed E-state index contributed by atoms with van der Waals surface area (Å²) < 4.78 is 0. The van der Waals surface area contributed by atoms with Gasteiger partial charge in [-0.05, 0) is 19.1 Å². The van der Waals surface area contributed by atoms with Gasteiger partial charge in [0.25, 0.3) is 0 Å². The van der Waals surface area contributed by atoms with Crippen LogP contribution in [-0.2, 0) is 6.54 Å². The topological polar surface area (TPSA) is 73.8 Å². The minimum Gasteiger partial charge on any atom is -0.353 e. The molecule has 0 saturated carbocycles. The molecule has 9 heteroatoms. The molecule has 1 fully saturated rings. The van der Waals surface area contributed by atoms with Gasteiger partial charge in [0.15, 0.2) is 5.82 Å². The van der Waals surface area contributed by atoms with E-state index < -0.39 is 0 Å². The van der Waals surface area contributed by atoms with Crippen molar-refractivity contribution >= 4 is 40.1 Å². The lowest BCUT2D eigenvalue weighted by atomic mass is 10.3. The third kappa shape index (κ3) is 3.53. The first-order valence-corrected chi connectivity index (χ1v) is 8.81. The maximum absolute atomic E-state index is 6.09. The maximum atomic E-state index is 6.09. The second-order valence-electron chi connectivity index (χ2n) is 6.08. The van der Waals surface area contributed by atoms with E-state index in [4.69, 9.17) is 23.2 Å². The molecule has 0 bridgehead atoms. The molecule has 0 unspecified atom stereocenters. The summed E-state index contributed by atoms with van der Waals surface area (Å²) in [6.07, 6.45) is 1.79. The van der Waals surface area contributed by atoms with Gasteiger partial charge in [-0.1, -0.05) is 23.2 Å². The molecule has 2 aromatic heterocycles. The van der Waals surface area contributed by atoms with Gasteiger partial charge in [-0.3, -0.25) is 15.0 Å². The number of nitrogens with one attached hydrogen (secondary N) is 1. The van der Waals surface area contributed by atoms with Gasteiger partial charge in [0.05, 0.1) is 33.8 Å². The lowest BCUT2D eigenvalue weighted by Gasteiger charge is -2.34. The maximum Gasteiger partial charge on any atom is 0.164 e. The molecule has 1 aromatic carbocycles. The largest absolute Gasteiger partial charge is 0.353 e. The molecule has 1 N–H and O–H groups in total. The van der Waals surface area contributed by atoms with Crippen molar-refractivity contribution in [3.05, 3.63) is 40.0 Å². The van der Waals surface area contributed by atoms with E-state index in [0.29, 0.717) is 10.0 Å². The SMILES string of the molecule is Cc1nc(CN2CCN(c3cnc4cc(Cl)c(Cl)cc4n3)CC2)n[nH]1. The minimum atomic E-state index is 0.493. The highest BCUT2D eigenvalue weighted by molar-refractivity contribution is 6.42. The summed E-state index contributed by atoms with van der Waals surface area (Å²) >= 11 is 12.1. The number of anilines is 1. The number of aromatic amines is 1. The molecule has 0 radical (unpaired) electrons. The Bertz CT molecular complexity index is 903. The van der Waals surface area contributed by atoms with Crippen molar-refractivity contribution in [1.82, 2.24) is 30.0 Å². The monoisotopic (exact) mass is 377 g/mol.